The Balaban J connectivity index is 1.80. The monoisotopic (exact) mass is 430 g/mol. The molecule has 1 atom stereocenters. The molecule has 30 heavy (non-hydrogen) atoms. The molecule has 0 aromatic heterocycles. The molecule has 1 saturated heterocycles. The quantitative estimate of drug-likeness (QED) is 0.589. The lowest BCUT2D eigenvalue weighted by Crippen LogP contribution is -2.39. The normalized spacial score (nSPS) is 15.5. The van der Waals surface area contributed by atoms with Gasteiger partial charge in [-0.15, -0.1) is 0 Å². The van der Waals surface area contributed by atoms with Crippen LogP contribution in [0, 0.1) is 0 Å². The lowest BCUT2D eigenvalue weighted by Gasteiger charge is -2.29. The van der Waals surface area contributed by atoms with Gasteiger partial charge in [-0.2, -0.15) is 0 Å². The van der Waals surface area contributed by atoms with E-state index < -0.39 is 0 Å². The molecule has 6 nitrogen and oxygen atoms in total. The summed E-state index contributed by atoms with van der Waals surface area (Å²) < 4.78 is 22.5. The minimum atomic E-state index is 0.168. The van der Waals surface area contributed by atoms with Crippen molar-refractivity contribution in [3.8, 4) is 17.2 Å². The Kier molecular flexibility index (Phi) is 8.16. The Morgan fingerprint density at radius 3 is 2.70 bits per heavy atom. The number of para-hydroxylation sites is 1. The summed E-state index contributed by atoms with van der Waals surface area (Å²) in [5.74, 6) is 2.27. The molecule has 0 spiro atoms. The van der Waals surface area contributed by atoms with Gasteiger partial charge in [-0.05, 0) is 50.2 Å². The first kappa shape index (κ1) is 22.2. The van der Waals surface area contributed by atoms with Gasteiger partial charge in [0.25, 0.3) is 0 Å². The van der Waals surface area contributed by atoms with E-state index in [0.29, 0.717) is 30.6 Å². The summed E-state index contributed by atoms with van der Waals surface area (Å²) in [5, 5.41) is 3.95. The number of nitrogens with zero attached hydrogens (tertiary/aromatic N) is 1. The SMILES string of the molecule is CCOc1ccccc1CN(CC1CCCO1)C(=S)Nc1ccc(OC)cc1OC. The Morgan fingerprint density at radius 2 is 2.00 bits per heavy atom. The van der Waals surface area contributed by atoms with E-state index in [0.717, 1.165) is 42.2 Å². The van der Waals surface area contributed by atoms with Crippen molar-refractivity contribution in [1.29, 1.82) is 0 Å². The summed E-state index contributed by atoms with van der Waals surface area (Å²) in [5.41, 5.74) is 1.88. The van der Waals surface area contributed by atoms with Crippen LogP contribution in [0.2, 0.25) is 0 Å². The number of methoxy groups -OCH3 is 2. The van der Waals surface area contributed by atoms with Crippen molar-refractivity contribution in [1.82, 2.24) is 4.90 Å². The molecule has 1 heterocycles. The van der Waals surface area contributed by atoms with Crippen molar-refractivity contribution in [3.05, 3.63) is 48.0 Å². The fourth-order valence-corrected chi connectivity index (χ4v) is 3.73. The van der Waals surface area contributed by atoms with Crippen LogP contribution in [0.15, 0.2) is 42.5 Å². The van der Waals surface area contributed by atoms with Gasteiger partial charge in [-0.3, -0.25) is 0 Å². The Labute approximate surface area is 184 Å². The first-order valence-electron chi connectivity index (χ1n) is 10.2. The summed E-state index contributed by atoms with van der Waals surface area (Å²) in [7, 11) is 3.26. The van der Waals surface area contributed by atoms with E-state index in [9.17, 15) is 0 Å². The Morgan fingerprint density at radius 1 is 1.17 bits per heavy atom. The van der Waals surface area contributed by atoms with Gasteiger partial charge in [-0.1, -0.05) is 18.2 Å². The molecule has 0 amide bonds. The van der Waals surface area contributed by atoms with Crippen LogP contribution in [0.3, 0.4) is 0 Å². The molecule has 0 radical (unpaired) electrons. The number of thiocarbonyl (C=S) groups is 1. The lowest BCUT2D eigenvalue weighted by molar-refractivity contribution is 0.0903. The van der Waals surface area contributed by atoms with E-state index in [1.54, 1.807) is 14.2 Å². The fourth-order valence-electron chi connectivity index (χ4n) is 3.49. The minimum Gasteiger partial charge on any atom is -0.497 e. The van der Waals surface area contributed by atoms with Gasteiger partial charge in [0.2, 0.25) is 0 Å². The molecule has 7 heteroatoms. The molecule has 1 unspecified atom stereocenters. The maximum absolute atomic E-state index is 5.87. The number of rotatable bonds is 9. The third kappa shape index (κ3) is 5.77. The van der Waals surface area contributed by atoms with Gasteiger partial charge in [0.1, 0.15) is 17.2 Å². The summed E-state index contributed by atoms with van der Waals surface area (Å²) in [6.07, 6.45) is 2.29. The van der Waals surface area contributed by atoms with Crippen LogP contribution in [0.25, 0.3) is 0 Å². The third-order valence-corrected chi connectivity index (χ3v) is 5.38. The highest BCUT2D eigenvalue weighted by molar-refractivity contribution is 7.80. The maximum Gasteiger partial charge on any atom is 0.173 e. The molecule has 2 aromatic carbocycles. The van der Waals surface area contributed by atoms with Crippen molar-refractivity contribution in [3.63, 3.8) is 0 Å². The number of hydrogen-bond acceptors (Lipinski definition) is 5. The van der Waals surface area contributed by atoms with Crippen molar-refractivity contribution < 1.29 is 18.9 Å². The van der Waals surface area contributed by atoms with E-state index in [1.807, 2.05) is 43.3 Å². The molecule has 0 aliphatic carbocycles. The highest BCUT2D eigenvalue weighted by Crippen LogP contribution is 2.30. The molecule has 162 valence electrons. The minimum absolute atomic E-state index is 0.168. The summed E-state index contributed by atoms with van der Waals surface area (Å²) in [6, 6.07) is 13.7. The molecule has 3 rings (SSSR count). The van der Waals surface area contributed by atoms with E-state index in [1.165, 1.54) is 0 Å². The van der Waals surface area contributed by atoms with Gasteiger partial charge in [-0.25, -0.2) is 0 Å². The predicted octanol–water partition coefficient (Wildman–Crippen LogP) is 4.48. The first-order valence-corrected chi connectivity index (χ1v) is 10.7. The molecule has 1 aliphatic rings. The predicted molar refractivity (Wildman–Crippen MR) is 123 cm³/mol. The Bertz CT molecular complexity index is 840. The van der Waals surface area contributed by atoms with Gasteiger partial charge in [0.15, 0.2) is 5.11 Å². The van der Waals surface area contributed by atoms with Crippen LogP contribution in [0.5, 0.6) is 17.2 Å². The van der Waals surface area contributed by atoms with Crippen molar-refractivity contribution in [2.24, 2.45) is 0 Å². The summed E-state index contributed by atoms with van der Waals surface area (Å²) in [4.78, 5) is 2.13. The van der Waals surface area contributed by atoms with Gasteiger partial charge < -0.3 is 29.2 Å². The maximum atomic E-state index is 5.87. The molecule has 1 aliphatic heterocycles. The lowest BCUT2D eigenvalue weighted by atomic mass is 10.1. The molecule has 1 fully saturated rings. The number of nitrogens with one attached hydrogen (secondary N) is 1. The van der Waals surface area contributed by atoms with Crippen LogP contribution < -0.4 is 19.5 Å². The number of ether oxygens (including phenoxy) is 4. The number of hydrogen-bond donors (Lipinski definition) is 1. The second-order valence-electron chi connectivity index (χ2n) is 7.05. The van der Waals surface area contributed by atoms with Gasteiger partial charge >= 0.3 is 0 Å². The second kappa shape index (κ2) is 11.0. The average Bonchev–Trinajstić information content (AvgIpc) is 3.28. The zero-order chi connectivity index (χ0) is 21.3. The van der Waals surface area contributed by atoms with E-state index >= 15 is 0 Å². The largest absolute Gasteiger partial charge is 0.497 e. The summed E-state index contributed by atoms with van der Waals surface area (Å²) in [6.45, 7) is 4.75. The molecular formula is C23H30N2O4S. The van der Waals surface area contributed by atoms with Crippen LogP contribution in [-0.4, -0.2) is 50.1 Å². The molecule has 1 N–H and O–H groups in total. The molecule has 0 bridgehead atoms. The zero-order valence-electron chi connectivity index (χ0n) is 17.8. The average molecular weight is 431 g/mol. The van der Waals surface area contributed by atoms with E-state index in [4.69, 9.17) is 31.2 Å². The van der Waals surface area contributed by atoms with Crippen molar-refractivity contribution >= 4 is 23.0 Å². The smallest absolute Gasteiger partial charge is 0.173 e. The van der Waals surface area contributed by atoms with E-state index in [-0.39, 0.29) is 6.10 Å². The highest BCUT2D eigenvalue weighted by atomic mass is 32.1. The second-order valence-corrected chi connectivity index (χ2v) is 7.44. The summed E-state index contributed by atoms with van der Waals surface area (Å²) >= 11 is 5.80. The fraction of sp³-hybridized carbons (Fsp3) is 0.435. The standard InChI is InChI=1S/C23H30N2O4S/c1-4-28-21-10-6-5-8-17(21)15-25(16-19-9-7-13-29-19)23(30)24-20-12-11-18(26-2)14-22(20)27-3/h5-6,8,10-12,14,19H,4,7,9,13,15-16H2,1-3H3,(H,24,30). The third-order valence-electron chi connectivity index (χ3n) is 5.02. The van der Waals surface area contributed by atoms with Crippen LogP contribution in [0.1, 0.15) is 25.3 Å². The Hall–Kier alpha value is -2.51. The van der Waals surface area contributed by atoms with Crippen molar-refractivity contribution in [2.75, 3.05) is 39.3 Å². The zero-order valence-corrected chi connectivity index (χ0v) is 18.7. The van der Waals surface area contributed by atoms with Crippen molar-refractivity contribution in [2.45, 2.75) is 32.4 Å². The first-order chi connectivity index (χ1) is 14.6. The molecular weight excluding hydrogens is 400 g/mol. The van der Waals surface area contributed by atoms with Gasteiger partial charge in [0, 0.05) is 31.3 Å². The van der Waals surface area contributed by atoms with Crippen LogP contribution in [0.4, 0.5) is 5.69 Å². The molecule has 0 saturated carbocycles. The van der Waals surface area contributed by atoms with Crippen LogP contribution >= 0.6 is 12.2 Å². The van der Waals surface area contributed by atoms with E-state index in [2.05, 4.69) is 16.3 Å². The van der Waals surface area contributed by atoms with Gasteiger partial charge in [0.05, 0.1) is 32.6 Å². The molecule has 2 aromatic rings. The topological polar surface area (TPSA) is 52.2 Å². The van der Waals surface area contributed by atoms with Crippen LogP contribution in [-0.2, 0) is 11.3 Å². The number of anilines is 1. The highest BCUT2D eigenvalue weighted by Gasteiger charge is 2.22. The number of benzene rings is 2.